The van der Waals surface area contributed by atoms with Crippen molar-refractivity contribution in [3.8, 4) is 11.1 Å². The maximum absolute atomic E-state index is 2.58. The van der Waals surface area contributed by atoms with Gasteiger partial charge in [0.1, 0.15) is 0 Å². The molecule has 0 unspecified atom stereocenters. The first-order chi connectivity index (χ1) is 22.5. The summed E-state index contributed by atoms with van der Waals surface area (Å²) in [5.74, 6) is 0. The number of hydrogen-bond donors (Lipinski definition) is 0. The van der Waals surface area contributed by atoms with Crippen LogP contribution in [0.3, 0.4) is 0 Å². The predicted octanol–water partition coefficient (Wildman–Crippen LogP) is 11.6. The molecule has 0 fully saturated rings. The van der Waals surface area contributed by atoms with Crippen LogP contribution in [0, 0.1) is 0 Å². The van der Waals surface area contributed by atoms with Crippen molar-refractivity contribution < 1.29 is 0 Å². The maximum Gasteiger partial charge on any atom is 0.244 e. The van der Waals surface area contributed by atoms with E-state index in [-0.39, 0.29) is 33.8 Å². The van der Waals surface area contributed by atoms with Gasteiger partial charge in [-0.2, -0.15) is 0 Å². The summed E-state index contributed by atoms with van der Waals surface area (Å²) in [6, 6.07) is 29.2. The van der Waals surface area contributed by atoms with Crippen molar-refractivity contribution in [3.63, 3.8) is 0 Å². The van der Waals surface area contributed by atoms with E-state index in [0.717, 1.165) is 0 Å². The highest BCUT2D eigenvalue weighted by Gasteiger charge is 2.44. The lowest BCUT2D eigenvalue weighted by atomic mass is 9.34. The van der Waals surface area contributed by atoms with Crippen molar-refractivity contribution in [2.45, 2.75) is 131 Å². The Bertz CT molecular complexity index is 2230. The number of rotatable bonds is 1. The molecule has 1 aliphatic heterocycles. The van der Waals surface area contributed by atoms with E-state index in [2.05, 4.69) is 177 Å². The van der Waals surface area contributed by atoms with Crippen LogP contribution in [0.2, 0.25) is 0 Å². The highest BCUT2D eigenvalue weighted by molar-refractivity contribution is 7.01. The summed E-state index contributed by atoms with van der Waals surface area (Å²) in [4.78, 5) is 0. The molecule has 7 rings (SSSR count). The first kappa shape index (κ1) is 33.9. The fourth-order valence-corrected chi connectivity index (χ4v) is 8.68. The minimum atomic E-state index is -0.0451. The molecule has 6 aromatic carbocycles. The van der Waals surface area contributed by atoms with Gasteiger partial charge in [-0.15, -0.1) is 0 Å². The van der Waals surface area contributed by atoms with Crippen molar-refractivity contribution in [1.29, 1.82) is 0 Å². The molecule has 49 heavy (non-hydrogen) atoms. The van der Waals surface area contributed by atoms with Crippen molar-refractivity contribution in [2.24, 2.45) is 0 Å². The van der Waals surface area contributed by atoms with Gasteiger partial charge in [-0.3, -0.25) is 0 Å². The zero-order valence-corrected chi connectivity index (χ0v) is 33.0. The van der Waals surface area contributed by atoms with Gasteiger partial charge in [-0.1, -0.05) is 187 Å². The second-order valence-corrected chi connectivity index (χ2v) is 20.3. The van der Waals surface area contributed by atoms with Crippen LogP contribution >= 0.6 is 0 Å². The fraction of sp³-hybridized carbons (Fsp3) is 0.417. The van der Waals surface area contributed by atoms with Gasteiger partial charge in [-0.05, 0) is 104 Å². The molecule has 6 aromatic rings. The summed E-state index contributed by atoms with van der Waals surface area (Å²) in [7, 11) is 0. The lowest BCUT2D eigenvalue weighted by Crippen LogP contribution is -2.56. The first-order valence-electron chi connectivity index (χ1n) is 18.6. The van der Waals surface area contributed by atoms with Crippen LogP contribution in [0.5, 0.6) is 0 Å². The minimum absolute atomic E-state index is 0.0326. The van der Waals surface area contributed by atoms with E-state index in [1.165, 1.54) is 87.6 Å². The van der Waals surface area contributed by atoms with Gasteiger partial charge >= 0.3 is 0 Å². The summed E-state index contributed by atoms with van der Waals surface area (Å²) in [5.41, 5.74) is 14.6. The smallest absolute Gasteiger partial charge is 0.0612 e. The van der Waals surface area contributed by atoms with Crippen LogP contribution in [0.4, 0.5) is 0 Å². The van der Waals surface area contributed by atoms with Crippen LogP contribution in [0.15, 0.2) is 72.8 Å². The Labute approximate surface area is 297 Å². The summed E-state index contributed by atoms with van der Waals surface area (Å²) < 4.78 is 0. The zero-order chi connectivity index (χ0) is 35.8. The Kier molecular flexibility index (Phi) is 7.25. The molecule has 0 aromatic heterocycles. The molecule has 252 valence electrons. The molecule has 0 N–H and O–H groups in total. The van der Waals surface area contributed by atoms with E-state index in [9.17, 15) is 0 Å². The second-order valence-electron chi connectivity index (χ2n) is 20.3. The average Bonchev–Trinajstić information content (AvgIpc) is 3.30. The van der Waals surface area contributed by atoms with Gasteiger partial charge in [-0.25, -0.2) is 0 Å². The van der Waals surface area contributed by atoms with Gasteiger partial charge < -0.3 is 0 Å². The molecule has 1 aliphatic rings. The Morgan fingerprint density at radius 3 is 1.29 bits per heavy atom. The number of hydrogen-bond acceptors (Lipinski definition) is 0. The SMILES string of the molecule is CC(C)(C)c1cc2c(c(C(C)(C)C)c1)B(c1c(C(C)(C)C)cc(C(C)(C)C)cc1C(C)(C)C)c1c-2cc2ccc3cccc4ccc1c2c34. The van der Waals surface area contributed by atoms with Crippen molar-refractivity contribution in [2.75, 3.05) is 0 Å². The lowest BCUT2D eigenvalue weighted by molar-refractivity contribution is 0.553. The second kappa shape index (κ2) is 10.5. The molecule has 0 saturated heterocycles. The van der Waals surface area contributed by atoms with Crippen molar-refractivity contribution in [3.05, 3.63) is 101 Å². The van der Waals surface area contributed by atoms with E-state index in [0.29, 0.717) is 0 Å². The number of benzene rings is 6. The minimum Gasteiger partial charge on any atom is -0.0612 e. The van der Waals surface area contributed by atoms with Gasteiger partial charge in [0.15, 0.2) is 0 Å². The molecule has 0 amide bonds. The Morgan fingerprint density at radius 2 is 0.796 bits per heavy atom. The standard InChI is InChI=1S/C48H57B/c1-44(2,3)31-24-35-34-23-30-20-19-28-17-16-18-29-21-22-33(40(30)39(28)29)41(34)49(42(35)36(25-31)46(7,8)9)43-37(47(10,11)12)26-32(45(4,5)6)27-38(43)48(13,14)15/h16-27H,1-15H3. The molecule has 0 saturated carbocycles. The third-order valence-electron chi connectivity index (χ3n) is 11.4. The third-order valence-corrected chi connectivity index (χ3v) is 11.4. The zero-order valence-electron chi connectivity index (χ0n) is 33.0. The Balaban J connectivity index is 1.76. The van der Waals surface area contributed by atoms with E-state index in [1.807, 2.05) is 0 Å². The molecule has 0 atom stereocenters. The van der Waals surface area contributed by atoms with E-state index >= 15 is 0 Å². The largest absolute Gasteiger partial charge is 0.244 e. The average molecular weight is 645 g/mol. The lowest BCUT2D eigenvalue weighted by Gasteiger charge is -2.37. The monoisotopic (exact) mass is 644 g/mol. The van der Waals surface area contributed by atoms with Gasteiger partial charge in [0, 0.05) is 0 Å². The summed E-state index contributed by atoms with van der Waals surface area (Å²) >= 11 is 0. The first-order valence-corrected chi connectivity index (χ1v) is 18.6. The van der Waals surface area contributed by atoms with Crippen LogP contribution in [0.25, 0.3) is 43.4 Å². The van der Waals surface area contributed by atoms with Gasteiger partial charge in [0.05, 0.1) is 0 Å². The van der Waals surface area contributed by atoms with Crippen LogP contribution in [-0.2, 0) is 27.1 Å². The molecule has 0 bridgehead atoms. The topological polar surface area (TPSA) is 0 Å². The van der Waals surface area contributed by atoms with Crippen molar-refractivity contribution in [1.82, 2.24) is 0 Å². The molecule has 1 heteroatoms. The van der Waals surface area contributed by atoms with Gasteiger partial charge in [0.25, 0.3) is 0 Å². The van der Waals surface area contributed by atoms with Crippen LogP contribution in [0.1, 0.15) is 132 Å². The van der Waals surface area contributed by atoms with Crippen LogP contribution < -0.4 is 16.4 Å². The normalized spacial score (nSPS) is 14.4. The molecule has 0 spiro atoms. The van der Waals surface area contributed by atoms with E-state index in [4.69, 9.17) is 0 Å². The summed E-state index contributed by atoms with van der Waals surface area (Å²) in [5, 5.41) is 8.23. The number of fused-ring (bicyclic) bond motifs is 4. The quantitative estimate of drug-likeness (QED) is 0.123. The highest BCUT2D eigenvalue weighted by atomic mass is 14.4. The summed E-state index contributed by atoms with van der Waals surface area (Å²) in [6.45, 7) is 36.2. The maximum atomic E-state index is 2.58. The van der Waals surface area contributed by atoms with E-state index in [1.54, 1.807) is 0 Å². The fourth-order valence-electron chi connectivity index (χ4n) is 8.68. The Morgan fingerprint density at radius 1 is 0.367 bits per heavy atom. The molecular formula is C48H57B. The van der Waals surface area contributed by atoms with Gasteiger partial charge in [0.2, 0.25) is 6.71 Å². The molecule has 1 heterocycles. The Hall–Kier alpha value is -3.58. The van der Waals surface area contributed by atoms with Crippen LogP contribution in [-0.4, -0.2) is 6.71 Å². The molecule has 0 aliphatic carbocycles. The van der Waals surface area contributed by atoms with E-state index < -0.39 is 0 Å². The van der Waals surface area contributed by atoms with Crippen molar-refractivity contribution >= 4 is 55.4 Å². The third kappa shape index (κ3) is 5.33. The highest BCUT2D eigenvalue weighted by Crippen LogP contribution is 2.43. The molecule has 0 nitrogen and oxygen atoms in total. The molecular weight excluding hydrogens is 587 g/mol. The summed E-state index contributed by atoms with van der Waals surface area (Å²) in [6.07, 6.45) is 0. The molecule has 0 radical (unpaired) electrons. The predicted molar refractivity (Wildman–Crippen MR) is 220 cm³/mol.